The Hall–Kier alpha value is -1.95. The minimum atomic E-state index is -0.416. The number of non-ortho nitro benzene ring substituents is 1. The van der Waals surface area contributed by atoms with Crippen LogP contribution in [0.25, 0.3) is 0 Å². The molecule has 0 bridgehead atoms. The maximum atomic E-state index is 10.7. The predicted molar refractivity (Wildman–Crippen MR) is 79.0 cm³/mol. The summed E-state index contributed by atoms with van der Waals surface area (Å²) in [4.78, 5) is 14.4. The summed E-state index contributed by atoms with van der Waals surface area (Å²) >= 11 is 3.31. The minimum absolute atomic E-state index is 0.0593. The lowest BCUT2D eigenvalue weighted by molar-refractivity contribution is -0.384. The molecule has 0 saturated carbocycles. The van der Waals surface area contributed by atoms with Crippen molar-refractivity contribution in [1.29, 1.82) is 0 Å². The van der Waals surface area contributed by atoms with E-state index in [9.17, 15) is 10.1 Å². The number of nitro groups is 1. The van der Waals surface area contributed by atoms with Crippen LogP contribution in [0.1, 0.15) is 16.7 Å². The Morgan fingerprint density at radius 1 is 1.35 bits per heavy atom. The summed E-state index contributed by atoms with van der Waals surface area (Å²) in [6.45, 7) is 2.35. The Kier molecular flexibility index (Phi) is 4.68. The molecule has 0 aliphatic rings. The van der Waals surface area contributed by atoms with Crippen molar-refractivity contribution >= 4 is 21.6 Å². The summed E-state index contributed by atoms with van der Waals surface area (Å²) in [5.41, 5.74) is 2.84. The summed E-state index contributed by atoms with van der Waals surface area (Å²) < 4.78 is 5.71. The molecule has 0 N–H and O–H groups in total. The highest BCUT2D eigenvalue weighted by atomic mass is 79.9. The van der Waals surface area contributed by atoms with Crippen molar-refractivity contribution in [3.05, 3.63) is 63.5 Å². The Bertz CT molecular complexity index is 632. The van der Waals surface area contributed by atoms with E-state index in [-0.39, 0.29) is 5.69 Å². The number of alkyl halides is 1. The van der Waals surface area contributed by atoms with Gasteiger partial charge in [0.1, 0.15) is 12.4 Å². The average molecular weight is 337 g/mol. The average Bonchev–Trinajstić information content (AvgIpc) is 2.45. The lowest BCUT2D eigenvalue weighted by Crippen LogP contribution is -1.99. The molecular formula is C14H13BrN2O3. The van der Waals surface area contributed by atoms with Crippen LogP contribution < -0.4 is 4.74 Å². The lowest BCUT2D eigenvalue weighted by Gasteiger charge is -2.10. The summed E-state index contributed by atoms with van der Waals surface area (Å²) in [6.07, 6.45) is 3.52. The fourth-order valence-corrected chi connectivity index (χ4v) is 2.22. The summed E-state index contributed by atoms with van der Waals surface area (Å²) in [6, 6.07) is 6.57. The maximum absolute atomic E-state index is 10.7. The molecular weight excluding hydrogens is 324 g/mol. The van der Waals surface area contributed by atoms with Crippen molar-refractivity contribution in [1.82, 2.24) is 4.98 Å². The van der Waals surface area contributed by atoms with Gasteiger partial charge in [-0.3, -0.25) is 15.1 Å². The third kappa shape index (κ3) is 3.54. The van der Waals surface area contributed by atoms with Gasteiger partial charge in [-0.15, -0.1) is 0 Å². The molecule has 20 heavy (non-hydrogen) atoms. The second-order valence-corrected chi connectivity index (χ2v) is 4.90. The van der Waals surface area contributed by atoms with Gasteiger partial charge in [0.25, 0.3) is 5.69 Å². The Morgan fingerprint density at radius 2 is 2.15 bits per heavy atom. The molecule has 104 valence electrons. The van der Waals surface area contributed by atoms with Crippen LogP contribution in [-0.2, 0) is 11.9 Å². The molecule has 0 aliphatic heterocycles. The van der Waals surface area contributed by atoms with Crippen molar-refractivity contribution in [3.63, 3.8) is 0 Å². The van der Waals surface area contributed by atoms with E-state index in [1.165, 1.54) is 12.1 Å². The standard InChI is InChI=1S/C14H13BrN2O3/c1-10-4-11(8-16-7-10)9-20-14-3-2-13(17(18)19)5-12(14)6-15/h2-5,7-8H,6,9H2,1H3. The topological polar surface area (TPSA) is 65.3 Å². The number of ether oxygens (including phenoxy) is 1. The molecule has 2 aromatic rings. The minimum Gasteiger partial charge on any atom is -0.489 e. The van der Waals surface area contributed by atoms with Gasteiger partial charge in [-0.2, -0.15) is 0 Å². The molecule has 0 amide bonds. The lowest BCUT2D eigenvalue weighted by atomic mass is 10.2. The van der Waals surface area contributed by atoms with Crippen LogP contribution in [0.4, 0.5) is 5.69 Å². The first-order chi connectivity index (χ1) is 9.60. The molecule has 0 atom stereocenters. The largest absolute Gasteiger partial charge is 0.489 e. The molecule has 0 spiro atoms. The SMILES string of the molecule is Cc1cncc(COc2ccc([N+](=O)[O-])cc2CBr)c1. The molecule has 1 aromatic heterocycles. The molecule has 0 aliphatic carbocycles. The van der Waals surface area contributed by atoms with Gasteiger partial charge in [0.2, 0.25) is 0 Å². The Balaban J connectivity index is 2.15. The Morgan fingerprint density at radius 3 is 2.80 bits per heavy atom. The second kappa shape index (κ2) is 6.47. The number of aryl methyl sites for hydroxylation is 1. The molecule has 0 radical (unpaired) electrons. The van der Waals surface area contributed by atoms with E-state index in [1.807, 2.05) is 13.0 Å². The number of hydrogen-bond acceptors (Lipinski definition) is 4. The van der Waals surface area contributed by atoms with Crippen LogP contribution in [0, 0.1) is 17.0 Å². The highest BCUT2D eigenvalue weighted by molar-refractivity contribution is 9.08. The van der Waals surface area contributed by atoms with Crippen LogP contribution in [0.3, 0.4) is 0 Å². The van der Waals surface area contributed by atoms with Gasteiger partial charge in [-0.1, -0.05) is 15.9 Å². The van der Waals surface area contributed by atoms with E-state index in [2.05, 4.69) is 20.9 Å². The van der Waals surface area contributed by atoms with Crippen LogP contribution in [0.15, 0.2) is 36.7 Å². The van der Waals surface area contributed by atoms with Crippen molar-refractivity contribution in [2.45, 2.75) is 18.9 Å². The van der Waals surface area contributed by atoms with E-state index in [4.69, 9.17) is 4.74 Å². The monoisotopic (exact) mass is 336 g/mol. The molecule has 2 rings (SSSR count). The van der Waals surface area contributed by atoms with Crippen LogP contribution in [-0.4, -0.2) is 9.91 Å². The third-order valence-electron chi connectivity index (χ3n) is 2.72. The Labute approximate surface area is 124 Å². The molecule has 0 unspecified atom stereocenters. The third-order valence-corrected chi connectivity index (χ3v) is 3.33. The zero-order chi connectivity index (χ0) is 14.5. The number of aromatic nitrogens is 1. The van der Waals surface area contributed by atoms with Crippen LogP contribution in [0.2, 0.25) is 0 Å². The molecule has 1 aromatic carbocycles. The van der Waals surface area contributed by atoms with Crippen LogP contribution in [0.5, 0.6) is 5.75 Å². The molecule has 5 nitrogen and oxygen atoms in total. The van der Waals surface area contributed by atoms with E-state index in [0.717, 1.165) is 16.7 Å². The van der Waals surface area contributed by atoms with E-state index < -0.39 is 4.92 Å². The molecule has 6 heteroatoms. The van der Waals surface area contributed by atoms with E-state index in [0.29, 0.717) is 17.7 Å². The normalized spacial score (nSPS) is 10.3. The number of pyridine rings is 1. The van der Waals surface area contributed by atoms with Gasteiger partial charge in [-0.25, -0.2) is 0 Å². The number of benzene rings is 1. The molecule has 1 heterocycles. The fourth-order valence-electron chi connectivity index (χ4n) is 1.78. The van der Waals surface area contributed by atoms with Gasteiger partial charge in [0.15, 0.2) is 0 Å². The van der Waals surface area contributed by atoms with Crippen molar-refractivity contribution in [3.8, 4) is 5.75 Å². The first kappa shape index (κ1) is 14.5. The quantitative estimate of drug-likeness (QED) is 0.473. The van der Waals surface area contributed by atoms with Gasteiger partial charge in [0, 0.05) is 41.0 Å². The fraction of sp³-hybridized carbons (Fsp3) is 0.214. The second-order valence-electron chi connectivity index (χ2n) is 4.34. The van der Waals surface area contributed by atoms with E-state index in [1.54, 1.807) is 18.5 Å². The summed E-state index contributed by atoms with van der Waals surface area (Å²) in [5.74, 6) is 0.633. The highest BCUT2D eigenvalue weighted by Crippen LogP contribution is 2.26. The molecule has 0 fully saturated rings. The summed E-state index contributed by atoms with van der Waals surface area (Å²) in [7, 11) is 0. The van der Waals surface area contributed by atoms with Gasteiger partial charge in [0.05, 0.1) is 4.92 Å². The summed E-state index contributed by atoms with van der Waals surface area (Å²) in [5, 5.41) is 11.2. The number of rotatable bonds is 5. The zero-order valence-corrected chi connectivity index (χ0v) is 12.5. The number of hydrogen-bond donors (Lipinski definition) is 0. The van der Waals surface area contributed by atoms with Crippen LogP contribution >= 0.6 is 15.9 Å². The number of halogens is 1. The predicted octanol–water partition coefficient (Wildman–Crippen LogP) is 3.77. The van der Waals surface area contributed by atoms with Gasteiger partial charge in [-0.05, 0) is 24.6 Å². The highest BCUT2D eigenvalue weighted by Gasteiger charge is 2.11. The number of nitrogens with zero attached hydrogens (tertiary/aromatic N) is 2. The smallest absolute Gasteiger partial charge is 0.270 e. The van der Waals surface area contributed by atoms with Crippen molar-refractivity contribution in [2.24, 2.45) is 0 Å². The number of nitro benzene ring substituents is 1. The maximum Gasteiger partial charge on any atom is 0.270 e. The van der Waals surface area contributed by atoms with Gasteiger partial charge < -0.3 is 4.74 Å². The van der Waals surface area contributed by atoms with Crippen molar-refractivity contribution in [2.75, 3.05) is 0 Å². The zero-order valence-electron chi connectivity index (χ0n) is 10.9. The van der Waals surface area contributed by atoms with Gasteiger partial charge >= 0.3 is 0 Å². The molecule has 0 saturated heterocycles. The van der Waals surface area contributed by atoms with Crippen molar-refractivity contribution < 1.29 is 9.66 Å². The first-order valence-electron chi connectivity index (χ1n) is 5.97. The van der Waals surface area contributed by atoms with E-state index >= 15 is 0 Å². The first-order valence-corrected chi connectivity index (χ1v) is 7.09.